The quantitative estimate of drug-likeness (QED) is 0.800. The molecule has 19 heavy (non-hydrogen) atoms. The number of carbonyl (C=O) groups is 1. The van der Waals surface area contributed by atoms with E-state index in [0.29, 0.717) is 11.4 Å². The molecule has 1 aromatic heterocycles. The second kappa shape index (κ2) is 5.43. The minimum atomic E-state index is -1.06. The standard InChI is InChI=1S/C13H15N3O3/c1-2-16-7-9(6-15-16)8-19-12-4-3-10(14)5-11(12)13(17)18/h3-7H,2,8,14H2,1H3,(H,17,18). The van der Waals surface area contributed by atoms with Crippen molar-refractivity contribution in [1.29, 1.82) is 0 Å². The van der Waals surface area contributed by atoms with Gasteiger partial charge < -0.3 is 15.6 Å². The zero-order valence-electron chi connectivity index (χ0n) is 10.5. The molecule has 6 nitrogen and oxygen atoms in total. The maximum atomic E-state index is 11.1. The molecular weight excluding hydrogens is 246 g/mol. The highest BCUT2D eigenvalue weighted by Crippen LogP contribution is 2.22. The van der Waals surface area contributed by atoms with Gasteiger partial charge in [-0.1, -0.05) is 0 Å². The lowest BCUT2D eigenvalue weighted by Gasteiger charge is -2.08. The number of anilines is 1. The first-order valence-corrected chi connectivity index (χ1v) is 5.87. The summed E-state index contributed by atoms with van der Waals surface area (Å²) in [5.74, 6) is -0.766. The predicted octanol–water partition coefficient (Wildman–Crippen LogP) is 1.76. The van der Waals surface area contributed by atoms with Crippen molar-refractivity contribution < 1.29 is 14.6 Å². The SMILES string of the molecule is CCn1cc(COc2ccc(N)cc2C(=O)O)cn1. The van der Waals surface area contributed by atoms with Gasteiger partial charge in [-0.2, -0.15) is 5.10 Å². The summed E-state index contributed by atoms with van der Waals surface area (Å²) in [5.41, 5.74) is 6.90. The average molecular weight is 261 g/mol. The summed E-state index contributed by atoms with van der Waals surface area (Å²) in [6.07, 6.45) is 3.55. The molecule has 0 saturated carbocycles. The molecule has 0 aliphatic heterocycles. The van der Waals surface area contributed by atoms with Gasteiger partial charge in [0.1, 0.15) is 17.9 Å². The molecule has 6 heteroatoms. The number of hydrogen-bond donors (Lipinski definition) is 2. The second-order valence-electron chi connectivity index (χ2n) is 4.05. The van der Waals surface area contributed by atoms with Crippen molar-refractivity contribution >= 4 is 11.7 Å². The topological polar surface area (TPSA) is 90.4 Å². The normalized spacial score (nSPS) is 10.4. The molecule has 100 valence electrons. The molecule has 1 aromatic carbocycles. The van der Waals surface area contributed by atoms with Gasteiger partial charge in [-0.05, 0) is 25.1 Å². The van der Waals surface area contributed by atoms with Crippen LogP contribution in [0.5, 0.6) is 5.75 Å². The highest BCUT2D eigenvalue weighted by molar-refractivity contribution is 5.92. The van der Waals surface area contributed by atoms with Gasteiger partial charge in [0.25, 0.3) is 0 Å². The van der Waals surface area contributed by atoms with E-state index in [4.69, 9.17) is 15.6 Å². The Morgan fingerprint density at radius 1 is 1.53 bits per heavy atom. The smallest absolute Gasteiger partial charge is 0.339 e. The monoisotopic (exact) mass is 261 g/mol. The van der Waals surface area contributed by atoms with Gasteiger partial charge in [-0.3, -0.25) is 4.68 Å². The number of aryl methyl sites for hydroxylation is 1. The summed E-state index contributed by atoms with van der Waals surface area (Å²) >= 11 is 0. The Labute approximate surface area is 110 Å². The van der Waals surface area contributed by atoms with Crippen LogP contribution in [0.2, 0.25) is 0 Å². The molecule has 0 radical (unpaired) electrons. The number of aromatic carboxylic acids is 1. The number of carboxylic acids is 1. The van der Waals surface area contributed by atoms with Gasteiger partial charge in [-0.25, -0.2) is 4.79 Å². The molecule has 1 heterocycles. The Bertz CT molecular complexity index is 593. The Morgan fingerprint density at radius 3 is 2.95 bits per heavy atom. The van der Waals surface area contributed by atoms with E-state index in [1.807, 2.05) is 13.1 Å². The van der Waals surface area contributed by atoms with Crippen LogP contribution in [-0.2, 0) is 13.2 Å². The highest BCUT2D eigenvalue weighted by Gasteiger charge is 2.12. The lowest BCUT2D eigenvalue weighted by molar-refractivity contribution is 0.0692. The molecule has 0 bridgehead atoms. The van der Waals surface area contributed by atoms with E-state index in [2.05, 4.69) is 5.10 Å². The van der Waals surface area contributed by atoms with Crippen LogP contribution >= 0.6 is 0 Å². The Hall–Kier alpha value is -2.50. The molecule has 3 N–H and O–H groups in total. The van der Waals surface area contributed by atoms with E-state index < -0.39 is 5.97 Å². The van der Waals surface area contributed by atoms with Crippen LogP contribution in [0.4, 0.5) is 5.69 Å². The first-order valence-electron chi connectivity index (χ1n) is 5.87. The van der Waals surface area contributed by atoms with Crippen LogP contribution in [0.25, 0.3) is 0 Å². The van der Waals surface area contributed by atoms with E-state index in [1.54, 1.807) is 23.0 Å². The van der Waals surface area contributed by atoms with E-state index in [1.165, 1.54) is 6.07 Å². The van der Waals surface area contributed by atoms with E-state index in [9.17, 15) is 4.79 Å². The lowest BCUT2D eigenvalue weighted by Crippen LogP contribution is -2.04. The number of hydrogen-bond acceptors (Lipinski definition) is 4. The minimum Gasteiger partial charge on any atom is -0.488 e. The fraction of sp³-hybridized carbons (Fsp3) is 0.231. The summed E-state index contributed by atoms with van der Waals surface area (Å²) in [7, 11) is 0. The van der Waals surface area contributed by atoms with Gasteiger partial charge in [0, 0.05) is 24.0 Å². The minimum absolute atomic E-state index is 0.0582. The van der Waals surface area contributed by atoms with Crippen molar-refractivity contribution in [3.8, 4) is 5.75 Å². The summed E-state index contributed by atoms with van der Waals surface area (Å²) in [5, 5.41) is 13.2. The zero-order valence-corrected chi connectivity index (χ0v) is 10.5. The van der Waals surface area contributed by atoms with Gasteiger partial charge in [0.05, 0.1) is 6.20 Å². The molecule has 0 saturated heterocycles. The van der Waals surface area contributed by atoms with Crippen molar-refractivity contribution in [2.75, 3.05) is 5.73 Å². The zero-order chi connectivity index (χ0) is 13.8. The third kappa shape index (κ3) is 3.04. The van der Waals surface area contributed by atoms with Crippen LogP contribution in [0, 0.1) is 0 Å². The number of nitrogens with zero attached hydrogens (tertiary/aromatic N) is 2. The molecule has 0 amide bonds. The Balaban J connectivity index is 2.12. The number of nitrogen functional groups attached to an aromatic ring is 1. The van der Waals surface area contributed by atoms with Crippen LogP contribution < -0.4 is 10.5 Å². The summed E-state index contributed by atoms with van der Waals surface area (Å²) < 4.78 is 7.29. The third-order valence-corrected chi connectivity index (χ3v) is 2.64. The maximum absolute atomic E-state index is 11.1. The molecule has 0 atom stereocenters. The van der Waals surface area contributed by atoms with Crippen LogP contribution in [0.1, 0.15) is 22.8 Å². The van der Waals surface area contributed by atoms with Crippen molar-refractivity contribution in [2.24, 2.45) is 0 Å². The average Bonchev–Trinajstić information content (AvgIpc) is 2.85. The Kier molecular flexibility index (Phi) is 3.70. The second-order valence-corrected chi connectivity index (χ2v) is 4.05. The Morgan fingerprint density at radius 2 is 2.32 bits per heavy atom. The molecular formula is C13H15N3O3. The molecule has 0 fully saturated rings. The predicted molar refractivity (Wildman–Crippen MR) is 70.0 cm³/mol. The van der Waals surface area contributed by atoms with Crippen molar-refractivity contribution in [3.63, 3.8) is 0 Å². The molecule has 0 aliphatic rings. The van der Waals surface area contributed by atoms with Crippen LogP contribution in [0.3, 0.4) is 0 Å². The first-order chi connectivity index (χ1) is 9.10. The molecule has 0 aliphatic carbocycles. The number of ether oxygens (including phenoxy) is 1. The van der Waals surface area contributed by atoms with Gasteiger partial charge in [-0.15, -0.1) is 0 Å². The number of carboxylic acid groups (broad SMARTS) is 1. The third-order valence-electron chi connectivity index (χ3n) is 2.64. The molecule has 0 spiro atoms. The van der Waals surface area contributed by atoms with Crippen molar-refractivity contribution in [3.05, 3.63) is 41.7 Å². The van der Waals surface area contributed by atoms with E-state index in [-0.39, 0.29) is 12.2 Å². The van der Waals surface area contributed by atoms with Gasteiger partial charge in [0.2, 0.25) is 0 Å². The molecule has 0 unspecified atom stereocenters. The first kappa shape index (κ1) is 12.9. The van der Waals surface area contributed by atoms with Crippen LogP contribution in [0.15, 0.2) is 30.6 Å². The lowest BCUT2D eigenvalue weighted by atomic mass is 10.2. The van der Waals surface area contributed by atoms with Crippen molar-refractivity contribution in [1.82, 2.24) is 9.78 Å². The van der Waals surface area contributed by atoms with Gasteiger partial charge >= 0.3 is 5.97 Å². The number of rotatable bonds is 5. The number of benzene rings is 1. The molecule has 2 rings (SSSR count). The number of aromatic nitrogens is 2. The van der Waals surface area contributed by atoms with Crippen LogP contribution in [-0.4, -0.2) is 20.9 Å². The largest absolute Gasteiger partial charge is 0.488 e. The van der Waals surface area contributed by atoms with Gasteiger partial charge in [0.15, 0.2) is 0 Å². The highest BCUT2D eigenvalue weighted by atomic mass is 16.5. The fourth-order valence-electron chi connectivity index (χ4n) is 1.66. The summed E-state index contributed by atoms with van der Waals surface area (Å²) in [6, 6.07) is 4.55. The maximum Gasteiger partial charge on any atom is 0.339 e. The summed E-state index contributed by atoms with van der Waals surface area (Å²) in [6.45, 7) is 3.03. The fourth-order valence-corrected chi connectivity index (χ4v) is 1.66. The van der Waals surface area contributed by atoms with E-state index in [0.717, 1.165) is 12.1 Å². The molecule has 2 aromatic rings. The van der Waals surface area contributed by atoms with Crippen molar-refractivity contribution in [2.45, 2.75) is 20.1 Å². The summed E-state index contributed by atoms with van der Waals surface area (Å²) in [4.78, 5) is 11.1. The van der Waals surface area contributed by atoms with E-state index >= 15 is 0 Å². The number of nitrogens with two attached hydrogens (primary N) is 1.